The first-order valence-electron chi connectivity index (χ1n) is 10.00. The number of likely N-dealkylation sites (tertiary alicyclic amines) is 1. The van der Waals surface area contributed by atoms with Crippen LogP contribution in [0.4, 0.5) is 4.39 Å². The van der Waals surface area contributed by atoms with Crippen molar-refractivity contribution in [3.63, 3.8) is 0 Å². The summed E-state index contributed by atoms with van der Waals surface area (Å²) in [6, 6.07) is 16.2. The molecule has 2 N–H and O–H groups in total. The lowest BCUT2D eigenvalue weighted by molar-refractivity contribution is -0.126. The van der Waals surface area contributed by atoms with Gasteiger partial charge in [0.2, 0.25) is 5.91 Å². The summed E-state index contributed by atoms with van der Waals surface area (Å²) in [5.74, 6) is -0.646. The van der Waals surface area contributed by atoms with Crippen molar-refractivity contribution in [1.82, 2.24) is 15.2 Å². The minimum Gasteiger partial charge on any atom is -0.355 e. The van der Waals surface area contributed by atoms with Crippen molar-refractivity contribution < 1.29 is 14.0 Å². The van der Waals surface area contributed by atoms with Gasteiger partial charge in [0.05, 0.1) is 5.92 Å². The first-order chi connectivity index (χ1) is 14.1. The fourth-order valence-corrected chi connectivity index (χ4v) is 3.90. The Bertz CT molecular complexity index is 997. The molecule has 1 aliphatic rings. The maximum atomic E-state index is 13.7. The van der Waals surface area contributed by atoms with E-state index in [0.717, 1.165) is 23.7 Å². The van der Waals surface area contributed by atoms with Gasteiger partial charge in [-0.3, -0.25) is 9.59 Å². The minimum absolute atomic E-state index is 0.0736. The fourth-order valence-electron chi connectivity index (χ4n) is 3.90. The number of benzene rings is 2. The largest absolute Gasteiger partial charge is 0.355 e. The Morgan fingerprint density at radius 3 is 2.76 bits per heavy atom. The van der Waals surface area contributed by atoms with Gasteiger partial charge in [0.25, 0.3) is 5.91 Å². The molecule has 5 nitrogen and oxygen atoms in total. The third kappa shape index (κ3) is 4.31. The Hall–Kier alpha value is -3.15. The van der Waals surface area contributed by atoms with Gasteiger partial charge in [-0.1, -0.05) is 36.4 Å². The number of para-hydroxylation sites is 1. The number of nitrogens with zero attached hydrogens (tertiary/aromatic N) is 1. The molecule has 1 aliphatic heterocycles. The van der Waals surface area contributed by atoms with Crippen LogP contribution in [0.5, 0.6) is 0 Å². The molecule has 1 fully saturated rings. The normalized spacial score (nSPS) is 16.7. The summed E-state index contributed by atoms with van der Waals surface area (Å²) >= 11 is 0. The average Bonchev–Trinajstić information content (AvgIpc) is 3.19. The van der Waals surface area contributed by atoms with Gasteiger partial charge >= 0.3 is 0 Å². The molecule has 1 unspecified atom stereocenters. The number of carbonyl (C=O) groups excluding carboxylic acids is 2. The van der Waals surface area contributed by atoms with E-state index < -0.39 is 0 Å². The summed E-state index contributed by atoms with van der Waals surface area (Å²) in [6.45, 7) is 1.43. The quantitative estimate of drug-likeness (QED) is 0.697. The van der Waals surface area contributed by atoms with Crippen molar-refractivity contribution in [2.75, 3.05) is 19.6 Å². The molecule has 6 heteroatoms. The van der Waals surface area contributed by atoms with E-state index in [4.69, 9.17) is 0 Å². The van der Waals surface area contributed by atoms with E-state index in [-0.39, 0.29) is 23.5 Å². The Morgan fingerprint density at radius 1 is 1.14 bits per heavy atom. The van der Waals surface area contributed by atoms with E-state index in [1.807, 2.05) is 30.3 Å². The van der Waals surface area contributed by atoms with Crippen LogP contribution in [0.25, 0.3) is 10.9 Å². The lowest BCUT2D eigenvalue weighted by atomic mass is 9.96. The molecule has 0 radical (unpaired) electrons. The monoisotopic (exact) mass is 393 g/mol. The number of aromatic amines is 1. The summed E-state index contributed by atoms with van der Waals surface area (Å²) in [5.41, 5.74) is 2.06. The molecule has 1 atom stereocenters. The number of piperidine rings is 1. The molecule has 1 saturated heterocycles. The lowest BCUT2D eigenvalue weighted by Crippen LogP contribution is -2.45. The van der Waals surface area contributed by atoms with Gasteiger partial charge in [0, 0.05) is 30.5 Å². The molecule has 1 aromatic heterocycles. The van der Waals surface area contributed by atoms with Crippen LogP contribution in [0, 0.1) is 11.7 Å². The van der Waals surface area contributed by atoms with E-state index >= 15 is 0 Å². The summed E-state index contributed by atoms with van der Waals surface area (Å²) in [5, 5.41) is 3.89. The van der Waals surface area contributed by atoms with Crippen molar-refractivity contribution in [1.29, 1.82) is 0 Å². The highest BCUT2D eigenvalue weighted by atomic mass is 19.1. The molecule has 4 rings (SSSR count). The number of rotatable bonds is 5. The average molecular weight is 393 g/mol. The van der Waals surface area contributed by atoms with E-state index in [0.29, 0.717) is 37.3 Å². The number of carbonyl (C=O) groups is 2. The van der Waals surface area contributed by atoms with Crippen LogP contribution < -0.4 is 5.32 Å². The third-order valence-electron chi connectivity index (χ3n) is 5.49. The van der Waals surface area contributed by atoms with Crippen LogP contribution in [-0.2, 0) is 11.2 Å². The molecule has 0 aliphatic carbocycles. The van der Waals surface area contributed by atoms with Crippen molar-refractivity contribution in [3.8, 4) is 0 Å². The van der Waals surface area contributed by atoms with Crippen LogP contribution >= 0.6 is 0 Å². The Morgan fingerprint density at radius 2 is 1.93 bits per heavy atom. The number of halogens is 1. The number of amides is 2. The first-order valence-corrected chi connectivity index (χ1v) is 10.00. The van der Waals surface area contributed by atoms with Gasteiger partial charge in [0.15, 0.2) is 0 Å². The second-order valence-corrected chi connectivity index (χ2v) is 7.49. The Labute approximate surface area is 168 Å². The molecule has 2 amide bonds. The molecule has 2 aromatic carbocycles. The molecule has 2 heterocycles. The van der Waals surface area contributed by atoms with E-state index in [9.17, 15) is 14.0 Å². The molecule has 150 valence electrons. The smallest absolute Gasteiger partial charge is 0.270 e. The zero-order valence-electron chi connectivity index (χ0n) is 16.2. The van der Waals surface area contributed by atoms with Crippen LogP contribution in [0.3, 0.4) is 0 Å². The molecule has 3 aromatic rings. The fraction of sp³-hybridized carbons (Fsp3) is 0.304. The SMILES string of the molecule is O=C(NCCc1ccccc1F)C1CCCN(C(=O)c2cc3ccccc3[nH]2)C1. The summed E-state index contributed by atoms with van der Waals surface area (Å²) in [4.78, 5) is 30.4. The van der Waals surface area contributed by atoms with Gasteiger partial charge in [-0.15, -0.1) is 0 Å². The molecular formula is C23H24FN3O2. The van der Waals surface area contributed by atoms with Gasteiger partial charge in [-0.25, -0.2) is 4.39 Å². The van der Waals surface area contributed by atoms with Crippen LogP contribution in [0.2, 0.25) is 0 Å². The van der Waals surface area contributed by atoms with Crippen LogP contribution in [0.1, 0.15) is 28.9 Å². The van der Waals surface area contributed by atoms with Crippen molar-refractivity contribution >= 4 is 22.7 Å². The zero-order valence-corrected chi connectivity index (χ0v) is 16.2. The zero-order chi connectivity index (χ0) is 20.2. The first kappa shape index (κ1) is 19.2. The van der Waals surface area contributed by atoms with E-state index in [2.05, 4.69) is 10.3 Å². The standard InChI is InChI=1S/C23H24FN3O2/c24-19-9-3-1-6-16(19)11-12-25-22(28)18-8-5-13-27(15-18)23(29)21-14-17-7-2-4-10-20(17)26-21/h1-4,6-7,9-10,14,18,26H,5,8,11-13,15H2,(H,25,28). The lowest BCUT2D eigenvalue weighted by Gasteiger charge is -2.31. The topological polar surface area (TPSA) is 65.2 Å². The van der Waals surface area contributed by atoms with Crippen molar-refractivity contribution in [3.05, 3.63) is 71.7 Å². The number of nitrogens with one attached hydrogen (secondary N) is 2. The molecule has 0 spiro atoms. The highest BCUT2D eigenvalue weighted by Gasteiger charge is 2.29. The number of fused-ring (bicyclic) bond motifs is 1. The summed E-state index contributed by atoms with van der Waals surface area (Å²) in [6.07, 6.45) is 1.99. The molecule has 0 saturated carbocycles. The van der Waals surface area contributed by atoms with Gasteiger partial charge in [-0.2, -0.15) is 0 Å². The predicted octanol–water partition coefficient (Wildman–Crippen LogP) is 3.52. The highest BCUT2D eigenvalue weighted by molar-refractivity contribution is 5.98. The van der Waals surface area contributed by atoms with Crippen molar-refractivity contribution in [2.24, 2.45) is 5.92 Å². The highest BCUT2D eigenvalue weighted by Crippen LogP contribution is 2.21. The van der Waals surface area contributed by atoms with E-state index in [1.165, 1.54) is 6.07 Å². The summed E-state index contributed by atoms with van der Waals surface area (Å²) in [7, 11) is 0. The second kappa shape index (κ2) is 8.47. The number of H-pyrrole nitrogens is 1. The second-order valence-electron chi connectivity index (χ2n) is 7.49. The van der Waals surface area contributed by atoms with Crippen molar-refractivity contribution in [2.45, 2.75) is 19.3 Å². The number of hydrogen-bond donors (Lipinski definition) is 2. The molecular weight excluding hydrogens is 369 g/mol. The maximum Gasteiger partial charge on any atom is 0.270 e. The Balaban J connectivity index is 1.34. The van der Waals surface area contributed by atoms with Gasteiger partial charge < -0.3 is 15.2 Å². The van der Waals surface area contributed by atoms with E-state index in [1.54, 1.807) is 23.1 Å². The molecule has 0 bridgehead atoms. The predicted molar refractivity (Wildman–Crippen MR) is 110 cm³/mol. The number of hydrogen-bond acceptors (Lipinski definition) is 2. The maximum absolute atomic E-state index is 13.7. The summed E-state index contributed by atoms with van der Waals surface area (Å²) < 4.78 is 13.7. The Kier molecular flexibility index (Phi) is 5.60. The van der Waals surface area contributed by atoms with Crippen LogP contribution in [-0.4, -0.2) is 41.3 Å². The molecule has 29 heavy (non-hydrogen) atoms. The van der Waals surface area contributed by atoms with Gasteiger partial charge in [0.1, 0.15) is 11.5 Å². The van der Waals surface area contributed by atoms with Crippen LogP contribution in [0.15, 0.2) is 54.6 Å². The number of aromatic nitrogens is 1. The minimum atomic E-state index is -0.255. The van der Waals surface area contributed by atoms with Gasteiger partial charge in [-0.05, 0) is 43.0 Å². The third-order valence-corrected chi connectivity index (χ3v) is 5.49.